The average Bonchev–Trinajstić information content (AvgIpc) is 2.16. The zero-order valence-corrected chi connectivity index (χ0v) is 7.23. The normalized spacial score (nSPS) is 16.1. The van der Waals surface area contributed by atoms with E-state index in [2.05, 4.69) is 0 Å². The van der Waals surface area contributed by atoms with E-state index in [1.54, 1.807) is 12.1 Å². The predicted molar refractivity (Wildman–Crippen MR) is 48.2 cm³/mol. The highest BCUT2D eigenvalue weighted by molar-refractivity contribution is 5.94. The van der Waals surface area contributed by atoms with Crippen molar-refractivity contribution in [3.63, 3.8) is 0 Å². The SMILES string of the molecule is N#CC(=CC1=CCC(=O)C=C1)C(=O)O. The minimum Gasteiger partial charge on any atom is -0.477 e. The van der Waals surface area contributed by atoms with Crippen molar-refractivity contribution in [2.45, 2.75) is 6.42 Å². The zero-order valence-electron chi connectivity index (χ0n) is 7.23. The molecule has 0 aromatic rings. The van der Waals surface area contributed by atoms with Gasteiger partial charge in [-0.1, -0.05) is 12.2 Å². The molecule has 0 unspecified atom stereocenters. The van der Waals surface area contributed by atoms with Crippen LogP contribution in [0.1, 0.15) is 6.42 Å². The summed E-state index contributed by atoms with van der Waals surface area (Å²) in [5.74, 6) is -1.30. The van der Waals surface area contributed by atoms with E-state index >= 15 is 0 Å². The number of hydrogen-bond acceptors (Lipinski definition) is 3. The summed E-state index contributed by atoms with van der Waals surface area (Å²) in [6.07, 6.45) is 5.93. The van der Waals surface area contributed by atoms with Gasteiger partial charge in [-0.3, -0.25) is 4.79 Å². The summed E-state index contributed by atoms with van der Waals surface area (Å²) in [6.45, 7) is 0. The van der Waals surface area contributed by atoms with Crippen LogP contribution in [0.3, 0.4) is 0 Å². The third-order valence-corrected chi connectivity index (χ3v) is 1.66. The van der Waals surface area contributed by atoms with Gasteiger partial charge >= 0.3 is 5.97 Å². The van der Waals surface area contributed by atoms with Gasteiger partial charge in [-0.05, 0) is 17.7 Å². The number of nitrogens with zero attached hydrogens (tertiary/aromatic N) is 1. The smallest absolute Gasteiger partial charge is 0.346 e. The Morgan fingerprint density at radius 1 is 1.57 bits per heavy atom. The second-order valence-electron chi connectivity index (χ2n) is 2.68. The number of allylic oxidation sites excluding steroid dienone is 5. The van der Waals surface area contributed by atoms with Crippen molar-refractivity contribution in [3.8, 4) is 6.07 Å². The van der Waals surface area contributed by atoms with E-state index in [-0.39, 0.29) is 17.8 Å². The van der Waals surface area contributed by atoms with Crippen molar-refractivity contribution in [1.29, 1.82) is 5.26 Å². The van der Waals surface area contributed by atoms with Crippen LogP contribution in [-0.4, -0.2) is 16.9 Å². The highest BCUT2D eigenvalue weighted by Crippen LogP contribution is 2.10. The molecule has 1 aliphatic carbocycles. The first-order valence-corrected chi connectivity index (χ1v) is 3.89. The molecular weight excluding hydrogens is 182 g/mol. The van der Waals surface area contributed by atoms with Crippen LogP contribution < -0.4 is 0 Å². The number of ketones is 1. The summed E-state index contributed by atoms with van der Waals surface area (Å²) in [5, 5.41) is 17.0. The third kappa shape index (κ3) is 2.42. The summed E-state index contributed by atoms with van der Waals surface area (Å²) in [4.78, 5) is 21.2. The van der Waals surface area contributed by atoms with Crippen LogP contribution in [0.4, 0.5) is 0 Å². The quantitative estimate of drug-likeness (QED) is 0.518. The summed E-state index contributed by atoms with van der Waals surface area (Å²) in [7, 11) is 0. The van der Waals surface area contributed by atoms with E-state index in [4.69, 9.17) is 10.4 Å². The number of carbonyl (C=O) groups excluding carboxylic acids is 1. The number of hydrogen-bond donors (Lipinski definition) is 1. The summed E-state index contributed by atoms with van der Waals surface area (Å²) < 4.78 is 0. The minimum absolute atomic E-state index is 0.0315. The Labute approximate surface area is 80.5 Å². The Hall–Kier alpha value is -2.15. The molecule has 0 spiro atoms. The molecule has 0 aromatic heterocycles. The van der Waals surface area contributed by atoms with Crippen LogP contribution in [0.5, 0.6) is 0 Å². The second kappa shape index (κ2) is 4.19. The molecule has 0 amide bonds. The van der Waals surface area contributed by atoms with Gasteiger partial charge in [0, 0.05) is 6.42 Å². The van der Waals surface area contributed by atoms with Crippen LogP contribution >= 0.6 is 0 Å². The zero-order chi connectivity index (χ0) is 10.6. The lowest BCUT2D eigenvalue weighted by molar-refractivity contribution is -0.132. The molecule has 1 rings (SSSR count). The van der Waals surface area contributed by atoms with Gasteiger partial charge in [0.1, 0.15) is 11.6 Å². The lowest BCUT2D eigenvalue weighted by Gasteiger charge is -2.00. The molecule has 0 aromatic carbocycles. The standard InChI is InChI=1S/C10H7NO3/c11-6-8(10(13)14)5-7-1-3-9(12)4-2-7/h1-3,5H,4H2,(H,13,14). The van der Waals surface area contributed by atoms with Crippen molar-refractivity contribution in [3.05, 3.63) is 35.5 Å². The van der Waals surface area contributed by atoms with Crippen molar-refractivity contribution >= 4 is 11.8 Å². The molecule has 0 heterocycles. The third-order valence-electron chi connectivity index (χ3n) is 1.66. The Morgan fingerprint density at radius 3 is 2.71 bits per heavy atom. The average molecular weight is 189 g/mol. The van der Waals surface area contributed by atoms with Crippen molar-refractivity contribution < 1.29 is 14.7 Å². The first-order chi connectivity index (χ1) is 6.63. The van der Waals surface area contributed by atoms with Crippen LogP contribution in [0.2, 0.25) is 0 Å². The van der Waals surface area contributed by atoms with Gasteiger partial charge in [-0.15, -0.1) is 0 Å². The van der Waals surface area contributed by atoms with Crippen LogP contribution in [0.25, 0.3) is 0 Å². The van der Waals surface area contributed by atoms with Crippen molar-refractivity contribution in [2.75, 3.05) is 0 Å². The summed E-state index contributed by atoms with van der Waals surface area (Å²) >= 11 is 0. The van der Waals surface area contributed by atoms with E-state index in [0.29, 0.717) is 5.57 Å². The fourth-order valence-corrected chi connectivity index (χ4v) is 0.959. The van der Waals surface area contributed by atoms with Gasteiger partial charge in [0.25, 0.3) is 0 Å². The lowest BCUT2D eigenvalue weighted by atomic mass is 10.0. The number of carboxylic acids is 1. The molecule has 0 atom stereocenters. The van der Waals surface area contributed by atoms with E-state index in [9.17, 15) is 9.59 Å². The Balaban J connectivity index is 2.89. The summed E-state index contributed by atoms with van der Waals surface area (Å²) in [5.41, 5.74) is 0.235. The molecule has 4 heteroatoms. The Morgan fingerprint density at radius 2 is 2.29 bits per heavy atom. The molecule has 0 bridgehead atoms. The van der Waals surface area contributed by atoms with Crippen molar-refractivity contribution in [2.24, 2.45) is 0 Å². The maximum Gasteiger partial charge on any atom is 0.346 e. The first kappa shape index (κ1) is 9.93. The molecule has 0 aliphatic heterocycles. The number of rotatable bonds is 2. The van der Waals surface area contributed by atoms with Crippen LogP contribution in [-0.2, 0) is 9.59 Å². The number of aliphatic carboxylic acids is 1. The molecule has 0 saturated heterocycles. The molecule has 1 N–H and O–H groups in total. The van der Waals surface area contributed by atoms with Crippen LogP contribution in [0, 0.1) is 11.3 Å². The fourth-order valence-electron chi connectivity index (χ4n) is 0.959. The first-order valence-electron chi connectivity index (χ1n) is 3.89. The highest BCUT2D eigenvalue weighted by atomic mass is 16.4. The molecule has 70 valence electrons. The topological polar surface area (TPSA) is 78.2 Å². The van der Waals surface area contributed by atoms with Gasteiger partial charge in [-0.25, -0.2) is 4.79 Å². The number of carbonyl (C=O) groups is 2. The molecular formula is C10H7NO3. The summed E-state index contributed by atoms with van der Waals surface area (Å²) in [6, 6.07) is 1.56. The van der Waals surface area contributed by atoms with Gasteiger partial charge in [0.2, 0.25) is 0 Å². The Kier molecular flexibility index (Phi) is 2.97. The van der Waals surface area contributed by atoms with E-state index in [1.165, 1.54) is 18.2 Å². The highest BCUT2D eigenvalue weighted by Gasteiger charge is 2.07. The van der Waals surface area contributed by atoms with E-state index in [1.807, 2.05) is 0 Å². The lowest BCUT2D eigenvalue weighted by Crippen LogP contribution is -2.00. The number of nitriles is 1. The van der Waals surface area contributed by atoms with E-state index in [0.717, 1.165) is 0 Å². The molecule has 14 heavy (non-hydrogen) atoms. The molecule has 4 nitrogen and oxygen atoms in total. The maximum absolute atomic E-state index is 10.8. The molecule has 0 fully saturated rings. The Bertz CT molecular complexity index is 408. The van der Waals surface area contributed by atoms with E-state index < -0.39 is 5.97 Å². The van der Waals surface area contributed by atoms with Crippen molar-refractivity contribution in [1.82, 2.24) is 0 Å². The predicted octanol–water partition coefficient (Wildman–Crippen LogP) is 0.976. The number of carboxylic acid groups (broad SMARTS) is 1. The largest absolute Gasteiger partial charge is 0.477 e. The monoisotopic (exact) mass is 189 g/mol. The van der Waals surface area contributed by atoms with Gasteiger partial charge < -0.3 is 5.11 Å². The fraction of sp³-hybridized carbons (Fsp3) is 0.100. The van der Waals surface area contributed by atoms with Gasteiger partial charge in [0.05, 0.1) is 0 Å². The van der Waals surface area contributed by atoms with Gasteiger partial charge in [-0.2, -0.15) is 5.26 Å². The second-order valence-corrected chi connectivity index (χ2v) is 2.68. The molecule has 0 saturated carbocycles. The molecule has 0 radical (unpaired) electrons. The maximum atomic E-state index is 10.8. The van der Waals surface area contributed by atoms with Crippen LogP contribution in [0.15, 0.2) is 35.5 Å². The minimum atomic E-state index is -1.27. The van der Waals surface area contributed by atoms with Gasteiger partial charge in [0.15, 0.2) is 5.78 Å². The molecule has 1 aliphatic rings.